The monoisotopic (exact) mass is 614 g/mol. The number of carboxylic acids is 1. The minimum atomic E-state index is -1.02. The summed E-state index contributed by atoms with van der Waals surface area (Å²) >= 11 is 0. The number of hydrogen-bond acceptors (Lipinski definition) is 7. The van der Waals surface area contributed by atoms with Crippen LogP contribution >= 0.6 is 0 Å². The SMILES string of the molecule is CN1CCCC1C(=O)N1CCCC1C(=O)N1CCCC1C(=O)N1CCCC1C(=O)N1CCCC1C(=O)N1CCCC1C(=O)O. The van der Waals surface area contributed by atoms with E-state index in [1.165, 1.54) is 4.90 Å². The van der Waals surface area contributed by atoms with Crippen molar-refractivity contribution in [1.29, 1.82) is 0 Å². The van der Waals surface area contributed by atoms with Crippen LogP contribution < -0.4 is 0 Å². The lowest BCUT2D eigenvalue weighted by Crippen LogP contribution is -2.58. The lowest BCUT2D eigenvalue weighted by molar-refractivity contribution is -0.155. The summed E-state index contributed by atoms with van der Waals surface area (Å²) in [6.07, 6.45) is 7.61. The average Bonchev–Trinajstić information content (AvgIpc) is 3.86. The van der Waals surface area contributed by atoms with E-state index >= 15 is 0 Å². The van der Waals surface area contributed by atoms with Gasteiger partial charge in [-0.3, -0.25) is 28.9 Å². The van der Waals surface area contributed by atoms with Gasteiger partial charge in [0, 0.05) is 32.7 Å². The van der Waals surface area contributed by atoms with Gasteiger partial charge in [0.15, 0.2) is 0 Å². The van der Waals surface area contributed by atoms with Crippen LogP contribution in [0.4, 0.5) is 0 Å². The minimum Gasteiger partial charge on any atom is -0.480 e. The maximum absolute atomic E-state index is 14.1. The van der Waals surface area contributed by atoms with Gasteiger partial charge < -0.3 is 29.6 Å². The van der Waals surface area contributed by atoms with Gasteiger partial charge in [0.25, 0.3) is 0 Å². The molecule has 0 aromatic heterocycles. The van der Waals surface area contributed by atoms with E-state index in [4.69, 9.17) is 0 Å². The van der Waals surface area contributed by atoms with Crippen LogP contribution in [-0.4, -0.2) is 153 Å². The fourth-order valence-corrected chi connectivity index (χ4v) is 8.62. The van der Waals surface area contributed by atoms with E-state index < -0.39 is 36.2 Å². The number of likely N-dealkylation sites (tertiary alicyclic amines) is 6. The molecule has 6 fully saturated rings. The Morgan fingerprint density at radius 1 is 0.409 bits per heavy atom. The fraction of sp³-hybridized carbons (Fsp3) is 0.806. The van der Waals surface area contributed by atoms with Gasteiger partial charge in [0.2, 0.25) is 29.5 Å². The summed E-state index contributed by atoms with van der Waals surface area (Å²) < 4.78 is 0. The van der Waals surface area contributed by atoms with E-state index in [-0.39, 0.29) is 35.6 Å². The number of carbonyl (C=O) groups excluding carboxylic acids is 5. The van der Waals surface area contributed by atoms with E-state index in [9.17, 15) is 33.9 Å². The number of aliphatic carboxylic acids is 1. The summed E-state index contributed by atoms with van der Waals surface area (Å²) in [6, 6.07) is -3.70. The summed E-state index contributed by atoms with van der Waals surface area (Å²) in [5, 5.41) is 9.59. The lowest BCUT2D eigenvalue weighted by Gasteiger charge is -2.36. The molecule has 0 saturated carbocycles. The van der Waals surface area contributed by atoms with Crippen LogP contribution in [0.2, 0.25) is 0 Å². The van der Waals surface area contributed by atoms with Crippen molar-refractivity contribution in [2.24, 2.45) is 0 Å². The van der Waals surface area contributed by atoms with Crippen LogP contribution in [0.3, 0.4) is 0 Å². The Hall–Kier alpha value is -3.22. The van der Waals surface area contributed by atoms with Crippen molar-refractivity contribution in [2.75, 3.05) is 46.3 Å². The predicted molar refractivity (Wildman–Crippen MR) is 157 cm³/mol. The van der Waals surface area contributed by atoms with Crippen LogP contribution in [0.1, 0.15) is 77.0 Å². The Morgan fingerprint density at radius 3 is 0.955 bits per heavy atom. The predicted octanol–water partition coefficient (Wildman–Crippen LogP) is 0.120. The summed E-state index contributed by atoms with van der Waals surface area (Å²) in [6.45, 7) is 3.05. The molecule has 6 unspecified atom stereocenters. The Morgan fingerprint density at radius 2 is 0.659 bits per heavy atom. The number of likely N-dealkylation sites (N-methyl/N-ethyl adjacent to an activating group) is 1. The van der Waals surface area contributed by atoms with E-state index in [1.807, 2.05) is 7.05 Å². The van der Waals surface area contributed by atoms with Crippen LogP contribution in [0.25, 0.3) is 0 Å². The largest absolute Gasteiger partial charge is 0.480 e. The molecule has 6 atom stereocenters. The van der Waals surface area contributed by atoms with Crippen molar-refractivity contribution in [3.05, 3.63) is 0 Å². The average molecular weight is 615 g/mol. The fourth-order valence-electron chi connectivity index (χ4n) is 8.62. The number of nitrogens with zero attached hydrogens (tertiary/aromatic N) is 6. The summed E-state index contributed by atoms with van der Waals surface area (Å²) in [7, 11) is 1.95. The maximum Gasteiger partial charge on any atom is 0.326 e. The molecule has 0 bridgehead atoms. The van der Waals surface area contributed by atoms with Crippen LogP contribution in [-0.2, 0) is 28.8 Å². The van der Waals surface area contributed by atoms with Gasteiger partial charge in [-0.05, 0) is 90.6 Å². The zero-order valence-corrected chi connectivity index (χ0v) is 25.8. The molecule has 0 aromatic carbocycles. The Labute approximate surface area is 258 Å². The van der Waals surface area contributed by atoms with Gasteiger partial charge in [-0.1, -0.05) is 0 Å². The molecule has 6 aliphatic rings. The normalized spacial score (nSPS) is 32.7. The third-order valence-electron chi connectivity index (χ3n) is 10.9. The summed E-state index contributed by atoms with van der Waals surface area (Å²) in [5.74, 6) is -1.99. The molecule has 6 saturated heterocycles. The van der Waals surface area contributed by atoms with Gasteiger partial charge in [0.1, 0.15) is 30.2 Å². The second-order valence-corrected chi connectivity index (χ2v) is 13.4. The highest BCUT2D eigenvalue weighted by atomic mass is 16.4. The molecular formula is C31H46N6O7. The molecule has 242 valence electrons. The van der Waals surface area contributed by atoms with E-state index in [2.05, 4.69) is 4.90 Å². The molecule has 0 spiro atoms. The highest BCUT2D eigenvalue weighted by molar-refractivity contribution is 5.97. The first-order valence-electron chi connectivity index (χ1n) is 16.6. The Bertz CT molecular complexity index is 1200. The molecule has 6 aliphatic heterocycles. The molecule has 0 radical (unpaired) electrons. The highest BCUT2D eigenvalue weighted by Gasteiger charge is 2.49. The van der Waals surface area contributed by atoms with Crippen molar-refractivity contribution < 1.29 is 33.9 Å². The van der Waals surface area contributed by atoms with Crippen molar-refractivity contribution in [3.63, 3.8) is 0 Å². The summed E-state index contributed by atoms with van der Waals surface area (Å²) in [5.41, 5.74) is 0. The molecular weight excluding hydrogens is 568 g/mol. The van der Waals surface area contributed by atoms with Gasteiger partial charge >= 0.3 is 5.97 Å². The van der Waals surface area contributed by atoms with Crippen LogP contribution in [0, 0.1) is 0 Å². The molecule has 6 heterocycles. The first-order chi connectivity index (χ1) is 21.2. The van der Waals surface area contributed by atoms with Crippen molar-refractivity contribution in [1.82, 2.24) is 29.4 Å². The Kier molecular flexibility index (Phi) is 8.85. The van der Waals surface area contributed by atoms with Crippen molar-refractivity contribution >= 4 is 35.5 Å². The first-order valence-corrected chi connectivity index (χ1v) is 16.6. The van der Waals surface area contributed by atoms with E-state index in [0.29, 0.717) is 90.5 Å². The van der Waals surface area contributed by atoms with Gasteiger partial charge in [0.05, 0.1) is 6.04 Å². The molecule has 13 heteroatoms. The first kappa shape index (κ1) is 30.8. The van der Waals surface area contributed by atoms with Gasteiger partial charge in [-0.2, -0.15) is 0 Å². The highest BCUT2D eigenvalue weighted by Crippen LogP contribution is 2.32. The number of hydrogen-bond donors (Lipinski definition) is 1. The standard InChI is InChI=1S/C31H46N6O7/c1-32-14-2-8-20(32)26(38)33-15-3-9-21(33)27(39)34-16-4-10-22(34)28(40)35-17-5-11-23(35)29(41)36-18-6-12-24(36)30(42)37-19-7-13-25(37)31(43)44/h20-25H,2-19H2,1H3,(H,43,44). The molecule has 13 nitrogen and oxygen atoms in total. The number of carbonyl (C=O) groups is 6. The second-order valence-electron chi connectivity index (χ2n) is 13.4. The number of carboxylic acid groups (broad SMARTS) is 1. The third-order valence-corrected chi connectivity index (χ3v) is 10.9. The second kappa shape index (κ2) is 12.6. The molecule has 6 rings (SSSR count). The maximum atomic E-state index is 14.1. The zero-order valence-electron chi connectivity index (χ0n) is 25.8. The van der Waals surface area contributed by atoms with Crippen molar-refractivity contribution in [3.8, 4) is 0 Å². The Balaban J connectivity index is 1.13. The summed E-state index contributed by atoms with van der Waals surface area (Å²) in [4.78, 5) is 90.5. The molecule has 5 amide bonds. The quantitative estimate of drug-likeness (QED) is 0.445. The molecule has 1 N–H and O–H groups in total. The molecule has 44 heavy (non-hydrogen) atoms. The lowest BCUT2D eigenvalue weighted by atomic mass is 10.1. The van der Waals surface area contributed by atoms with E-state index in [1.54, 1.807) is 19.6 Å². The molecule has 0 aliphatic carbocycles. The van der Waals surface area contributed by atoms with E-state index in [0.717, 1.165) is 25.8 Å². The third kappa shape index (κ3) is 5.45. The van der Waals surface area contributed by atoms with Gasteiger partial charge in [-0.15, -0.1) is 0 Å². The topological polar surface area (TPSA) is 142 Å². The number of rotatable bonds is 6. The minimum absolute atomic E-state index is 0.00597. The van der Waals surface area contributed by atoms with Crippen molar-refractivity contribution in [2.45, 2.75) is 113 Å². The van der Waals surface area contributed by atoms with Gasteiger partial charge in [-0.25, -0.2) is 4.79 Å². The van der Waals surface area contributed by atoms with Crippen LogP contribution in [0.5, 0.6) is 0 Å². The number of amides is 5. The molecule has 0 aromatic rings. The smallest absolute Gasteiger partial charge is 0.326 e. The zero-order chi connectivity index (χ0) is 31.1. The van der Waals surface area contributed by atoms with Crippen LogP contribution in [0.15, 0.2) is 0 Å².